The van der Waals surface area contributed by atoms with E-state index in [9.17, 15) is 14.4 Å². The monoisotopic (exact) mass is 374 g/mol. The van der Waals surface area contributed by atoms with Crippen LogP contribution in [0.4, 0.5) is 0 Å². The number of rotatable bonds is 9. The first kappa shape index (κ1) is 21.1. The minimum atomic E-state index is -1.00. The fourth-order valence-electron chi connectivity index (χ4n) is 3.07. The Balaban J connectivity index is 1.97. The first-order chi connectivity index (χ1) is 12.7. The molecule has 1 saturated heterocycles. The van der Waals surface area contributed by atoms with Gasteiger partial charge in [0.1, 0.15) is 12.6 Å². The zero-order valence-corrected chi connectivity index (χ0v) is 16.1. The highest BCUT2D eigenvalue weighted by atomic mass is 16.5. The van der Waals surface area contributed by atoms with E-state index in [-0.39, 0.29) is 24.9 Å². The maximum atomic E-state index is 12.4. The van der Waals surface area contributed by atoms with E-state index >= 15 is 0 Å². The summed E-state index contributed by atoms with van der Waals surface area (Å²) in [4.78, 5) is 38.5. The molecule has 1 aromatic rings. The number of benzene rings is 1. The number of nitrogens with zero attached hydrogens (tertiary/aromatic N) is 1. The average molecular weight is 374 g/mol. The van der Waals surface area contributed by atoms with Crippen molar-refractivity contribution in [2.75, 3.05) is 27.2 Å². The van der Waals surface area contributed by atoms with E-state index in [0.717, 1.165) is 12.1 Å². The maximum absolute atomic E-state index is 12.4. The summed E-state index contributed by atoms with van der Waals surface area (Å²) in [5.74, 6) is -1.06. The SMILES string of the molecule is CN(C)CCC1OCC(=O)C1NC(=O)[CH]CC(C)(C(N)=O)c1ccccc1. The van der Waals surface area contributed by atoms with E-state index in [0.29, 0.717) is 6.42 Å². The first-order valence-electron chi connectivity index (χ1n) is 9.02. The average Bonchev–Trinajstić information content (AvgIpc) is 2.98. The lowest BCUT2D eigenvalue weighted by Crippen LogP contribution is -2.46. The Bertz CT molecular complexity index is 677. The van der Waals surface area contributed by atoms with Crippen LogP contribution in [0, 0.1) is 6.42 Å². The topological polar surface area (TPSA) is 102 Å². The van der Waals surface area contributed by atoms with E-state index in [1.165, 1.54) is 6.42 Å². The lowest BCUT2D eigenvalue weighted by molar-refractivity contribution is -0.125. The number of carbonyl (C=O) groups excluding carboxylic acids is 3. The lowest BCUT2D eigenvalue weighted by Gasteiger charge is -2.27. The molecule has 1 aliphatic rings. The quantitative estimate of drug-likeness (QED) is 0.653. The molecule has 3 atom stereocenters. The fraction of sp³-hybridized carbons (Fsp3) is 0.500. The molecule has 7 heteroatoms. The highest BCUT2D eigenvalue weighted by Crippen LogP contribution is 2.28. The maximum Gasteiger partial charge on any atom is 0.227 e. The largest absolute Gasteiger partial charge is 0.369 e. The summed E-state index contributed by atoms with van der Waals surface area (Å²) in [7, 11) is 3.87. The van der Waals surface area contributed by atoms with Crippen molar-refractivity contribution >= 4 is 17.6 Å². The Morgan fingerprint density at radius 2 is 2.00 bits per heavy atom. The van der Waals surface area contributed by atoms with Crippen molar-refractivity contribution in [3.8, 4) is 0 Å². The molecule has 0 aromatic heterocycles. The second kappa shape index (κ2) is 9.10. The molecule has 1 aromatic carbocycles. The third kappa shape index (κ3) is 5.37. The van der Waals surface area contributed by atoms with Crippen molar-refractivity contribution in [3.05, 3.63) is 42.3 Å². The number of nitrogens with one attached hydrogen (secondary N) is 1. The van der Waals surface area contributed by atoms with Crippen molar-refractivity contribution in [3.63, 3.8) is 0 Å². The summed E-state index contributed by atoms with van der Waals surface area (Å²) < 4.78 is 5.50. The van der Waals surface area contributed by atoms with Crippen LogP contribution in [0.15, 0.2) is 30.3 Å². The number of Topliss-reactive ketones (excluding diaryl/α,β-unsaturated/α-hetero) is 1. The zero-order chi connectivity index (χ0) is 20.0. The van der Waals surface area contributed by atoms with Gasteiger partial charge in [0, 0.05) is 6.54 Å². The van der Waals surface area contributed by atoms with Crippen LogP contribution in [-0.2, 0) is 24.5 Å². The van der Waals surface area contributed by atoms with Gasteiger partial charge in [0.15, 0.2) is 5.78 Å². The van der Waals surface area contributed by atoms with Crippen molar-refractivity contribution in [2.24, 2.45) is 5.73 Å². The first-order valence-corrected chi connectivity index (χ1v) is 9.02. The van der Waals surface area contributed by atoms with Gasteiger partial charge in [-0.2, -0.15) is 0 Å². The van der Waals surface area contributed by atoms with Crippen molar-refractivity contribution < 1.29 is 19.1 Å². The normalized spacial score (nSPS) is 21.9. The number of hydrogen-bond acceptors (Lipinski definition) is 5. The molecule has 1 aliphatic heterocycles. The number of ketones is 1. The van der Waals surface area contributed by atoms with Crippen molar-refractivity contribution in [1.29, 1.82) is 0 Å². The molecule has 2 rings (SSSR count). The van der Waals surface area contributed by atoms with Gasteiger partial charge in [-0.3, -0.25) is 14.4 Å². The van der Waals surface area contributed by atoms with E-state index in [1.54, 1.807) is 6.92 Å². The molecule has 147 valence electrons. The molecule has 1 radical (unpaired) electrons. The predicted octanol–water partition coefficient (Wildman–Crippen LogP) is 0.428. The highest BCUT2D eigenvalue weighted by molar-refractivity contribution is 5.95. The zero-order valence-electron chi connectivity index (χ0n) is 16.1. The van der Waals surface area contributed by atoms with Crippen LogP contribution in [0.5, 0.6) is 0 Å². The van der Waals surface area contributed by atoms with E-state index in [2.05, 4.69) is 5.32 Å². The molecule has 3 N–H and O–H groups in total. The van der Waals surface area contributed by atoms with Gasteiger partial charge in [0.2, 0.25) is 11.8 Å². The smallest absolute Gasteiger partial charge is 0.227 e. The van der Waals surface area contributed by atoms with Gasteiger partial charge < -0.3 is 20.7 Å². The predicted molar refractivity (Wildman–Crippen MR) is 102 cm³/mol. The number of hydrogen-bond donors (Lipinski definition) is 2. The van der Waals surface area contributed by atoms with Crippen LogP contribution >= 0.6 is 0 Å². The Labute approximate surface area is 160 Å². The van der Waals surface area contributed by atoms with Gasteiger partial charge in [0.25, 0.3) is 0 Å². The number of primary amides is 1. The summed E-state index contributed by atoms with van der Waals surface area (Å²) in [6.07, 6.45) is 1.83. The molecule has 1 fully saturated rings. The second-order valence-electron chi connectivity index (χ2n) is 7.36. The summed E-state index contributed by atoms with van der Waals surface area (Å²) in [6.45, 7) is 2.46. The van der Waals surface area contributed by atoms with Gasteiger partial charge in [-0.25, -0.2) is 0 Å². The summed E-state index contributed by atoms with van der Waals surface area (Å²) in [5, 5.41) is 2.73. The molecule has 0 bridgehead atoms. The molecule has 0 saturated carbocycles. The van der Waals surface area contributed by atoms with Crippen LogP contribution in [0.2, 0.25) is 0 Å². The third-order valence-corrected chi connectivity index (χ3v) is 4.97. The van der Waals surface area contributed by atoms with Gasteiger partial charge >= 0.3 is 0 Å². The molecular formula is C20H28N3O4. The third-order valence-electron chi connectivity index (χ3n) is 4.97. The van der Waals surface area contributed by atoms with Crippen LogP contribution in [0.25, 0.3) is 0 Å². The van der Waals surface area contributed by atoms with Crippen molar-refractivity contribution in [2.45, 2.75) is 37.3 Å². The summed E-state index contributed by atoms with van der Waals surface area (Å²) in [6, 6.07) is 8.44. The standard InChI is InChI=1S/C20H28N3O4/c1-20(19(21)26,14-7-5-4-6-8-14)11-9-17(25)22-18-15(24)13-27-16(18)10-12-23(2)3/h4-9,16,18H,10-13H2,1-3H3,(H2,21,26)(H,22,25). The highest BCUT2D eigenvalue weighted by Gasteiger charge is 2.38. The molecule has 3 unspecified atom stereocenters. The van der Waals surface area contributed by atoms with Gasteiger partial charge in [-0.05, 0) is 39.4 Å². The number of ether oxygens (including phenoxy) is 1. The molecule has 7 nitrogen and oxygen atoms in total. The number of amides is 2. The van der Waals surface area contributed by atoms with E-state index < -0.39 is 23.3 Å². The van der Waals surface area contributed by atoms with Gasteiger partial charge in [0.05, 0.1) is 17.9 Å². The van der Waals surface area contributed by atoms with Crippen LogP contribution in [-0.4, -0.2) is 61.9 Å². The van der Waals surface area contributed by atoms with Gasteiger partial charge in [-0.15, -0.1) is 0 Å². The Morgan fingerprint density at radius 3 is 2.59 bits per heavy atom. The number of carbonyl (C=O) groups is 3. The van der Waals surface area contributed by atoms with E-state index in [1.807, 2.05) is 49.3 Å². The lowest BCUT2D eigenvalue weighted by atomic mass is 9.78. The molecule has 1 heterocycles. The number of nitrogens with two attached hydrogens (primary N) is 1. The van der Waals surface area contributed by atoms with Crippen LogP contribution in [0.3, 0.4) is 0 Å². The molecule has 0 spiro atoms. The van der Waals surface area contributed by atoms with Crippen LogP contribution < -0.4 is 11.1 Å². The summed E-state index contributed by atoms with van der Waals surface area (Å²) in [5.41, 5.74) is 5.34. The van der Waals surface area contributed by atoms with E-state index in [4.69, 9.17) is 10.5 Å². The van der Waals surface area contributed by atoms with Crippen molar-refractivity contribution in [1.82, 2.24) is 10.2 Å². The molecule has 2 amide bonds. The fourth-order valence-corrected chi connectivity index (χ4v) is 3.07. The Kier molecular flexibility index (Phi) is 7.10. The molecule has 27 heavy (non-hydrogen) atoms. The second-order valence-corrected chi connectivity index (χ2v) is 7.36. The minimum absolute atomic E-state index is 0.00601. The Hall–Kier alpha value is -2.25. The van der Waals surface area contributed by atoms with Crippen LogP contribution in [0.1, 0.15) is 25.3 Å². The Morgan fingerprint density at radius 1 is 1.33 bits per heavy atom. The molecule has 0 aliphatic carbocycles. The van der Waals surface area contributed by atoms with Gasteiger partial charge in [-0.1, -0.05) is 30.3 Å². The molecular weight excluding hydrogens is 346 g/mol. The summed E-state index contributed by atoms with van der Waals surface area (Å²) >= 11 is 0. The minimum Gasteiger partial charge on any atom is -0.369 e.